The van der Waals surface area contributed by atoms with E-state index in [-0.39, 0.29) is 29.9 Å². The minimum atomic E-state index is -0.275. The van der Waals surface area contributed by atoms with Crippen LogP contribution in [0.25, 0.3) is 10.2 Å². The Labute approximate surface area is 185 Å². The highest BCUT2D eigenvalue weighted by Gasteiger charge is 2.21. The van der Waals surface area contributed by atoms with Crippen LogP contribution in [0, 0.1) is 19.7 Å². The zero-order chi connectivity index (χ0) is 20.3. The van der Waals surface area contributed by atoms with E-state index in [1.807, 2.05) is 21.0 Å². The van der Waals surface area contributed by atoms with E-state index in [2.05, 4.69) is 24.0 Å². The molecule has 0 aliphatic heterocycles. The van der Waals surface area contributed by atoms with Crippen molar-refractivity contribution >= 4 is 56.8 Å². The third-order valence-electron chi connectivity index (χ3n) is 4.41. The van der Waals surface area contributed by atoms with Gasteiger partial charge in [-0.25, -0.2) is 9.37 Å². The summed E-state index contributed by atoms with van der Waals surface area (Å²) in [7, 11) is 3.98. The quantitative estimate of drug-likeness (QED) is 0.463. The second-order valence-corrected chi connectivity index (χ2v) is 8.99. The van der Waals surface area contributed by atoms with Gasteiger partial charge in [-0.1, -0.05) is 23.5 Å². The highest BCUT2D eigenvalue weighted by molar-refractivity contribution is 8.00. The maximum Gasteiger partial charge on any atom is 0.239 e. The van der Waals surface area contributed by atoms with E-state index in [0.29, 0.717) is 6.54 Å². The van der Waals surface area contributed by atoms with Crippen LogP contribution in [-0.2, 0) is 4.79 Å². The minimum absolute atomic E-state index is 0. The summed E-state index contributed by atoms with van der Waals surface area (Å²) in [5.41, 5.74) is 3.25. The monoisotopic (exact) mass is 453 g/mol. The van der Waals surface area contributed by atoms with E-state index < -0.39 is 0 Å². The van der Waals surface area contributed by atoms with Crippen LogP contribution < -0.4 is 4.90 Å². The lowest BCUT2D eigenvalue weighted by Gasteiger charge is -2.21. The van der Waals surface area contributed by atoms with E-state index in [1.165, 1.54) is 29.5 Å². The van der Waals surface area contributed by atoms with Gasteiger partial charge in [0.1, 0.15) is 5.82 Å². The van der Waals surface area contributed by atoms with Crippen LogP contribution in [0.2, 0.25) is 0 Å². The van der Waals surface area contributed by atoms with Crippen molar-refractivity contribution in [1.82, 2.24) is 9.88 Å². The minimum Gasteiger partial charge on any atom is -0.308 e. The molecule has 4 nitrogen and oxygen atoms in total. The van der Waals surface area contributed by atoms with Crippen LogP contribution in [0.5, 0.6) is 0 Å². The van der Waals surface area contributed by atoms with Gasteiger partial charge in [-0.3, -0.25) is 9.69 Å². The molecule has 0 radical (unpaired) electrons. The molecule has 0 spiro atoms. The second kappa shape index (κ2) is 10.4. The van der Waals surface area contributed by atoms with Crippen molar-refractivity contribution in [3.05, 3.63) is 53.3 Å². The first-order valence-corrected chi connectivity index (χ1v) is 10.9. The molecule has 0 aliphatic carbocycles. The first kappa shape index (κ1) is 23.6. The van der Waals surface area contributed by atoms with Gasteiger partial charge in [-0.15, -0.1) is 24.2 Å². The van der Waals surface area contributed by atoms with Crippen molar-refractivity contribution in [3.63, 3.8) is 0 Å². The number of thiazole rings is 1. The molecule has 0 atom stereocenters. The number of aromatic nitrogens is 1. The lowest BCUT2D eigenvalue weighted by atomic mass is 10.1. The van der Waals surface area contributed by atoms with Crippen LogP contribution in [0.3, 0.4) is 0 Å². The van der Waals surface area contributed by atoms with Gasteiger partial charge in [-0.05, 0) is 63.3 Å². The number of likely N-dealkylation sites (N-methyl/N-ethyl adjacent to an activating group) is 1. The molecule has 0 aliphatic rings. The number of amides is 1. The van der Waals surface area contributed by atoms with Crippen molar-refractivity contribution in [3.8, 4) is 0 Å². The number of halogens is 2. The second-order valence-electron chi connectivity index (χ2n) is 6.96. The number of rotatable bonds is 7. The van der Waals surface area contributed by atoms with Crippen molar-refractivity contribution < 1.29 is 9.18 Å². The fraction of sp³-hybridized carbons (Fsp3) is 0.333. The number of carbonyl (C=O) groups is 1. The van der Waals surface area contributed by atoms with Crippen LogP contribution in [0.1, 0.15) is 11.1 Å². The molecule has 29 heavy (non-hydrogen) atoms. The Hall–Kier alpha value is -1.67. The molecule has 1 aromatic heterocycles. The Kier molecular flexibility index (Phi) is 8.46. The summed E-state index contributed by atoms with van der Waals surface area (Å²) in [4.78, 5) is 22.5. The molecule has 0 saturated heterocycles. The molecule has 0 N–H and O–H groups in total. The van der Waals surface area contributed by atoms with Crippen molar-refractivity contribution in [2.45, 2.75) is 18.7 Å². The molecule has 1 heterocycles. The fourth-order valence-electron chi connectivity index (χ4n) is 2.74. The lowest BCUT2D eigenvalue weighted by Crippen LogP contribution is -2.37. The molecule has 8 heteroatoms. The Morgan fingerprint density at radius 2 is 1.72 bits per heavy atom. The third-order valence-corrected chi connectivity index (χ3v) is 6.62. The van der Waals surface area contributed by atoms with Gasteiger partial charge in [0.15, 0.2) is 5.13 Å². The highest BCUT2D eigenvalue weighted by Crippen LogP contribution is 2.33. The maximum absolute atomic E-state index is 13.1. The van der Waals surface area contributed by atoms with Gasteiger partial charge in [0.2, 0.25) is 5.91 Å². The zero-order valence-corrected chi connectivity index (χ0v) is 19.4. The molecule has 0 fully saturated rings. The maximum atomic E-state index is 13.1. The van der Waals surface area contributed by atoms with Crippen LogP contribution in [0.15, 0.2) is 41.3 Å². The molecular formula is C21H25ClFN3OS2. The summed E-state index contributed by atoms with van der Waals surface area (Å²) in [6, 6.07) is 10.4. The molecule has 0 saturated carbocycles. The molecule has 1 amide bonds. The summed E-state index contributed by atoms with van der Waals surface area (Å²) < 4.78 is 14.2. The number of thioether (sulfide) groups is 1. The van der Waals surface area contributed by atoms with E-state index >= 15 is 0 Å². The summed E-state index contributed by atoms with van der Waals surface area (Å²) >= 11 is 2.98. The average Bonchev–Trinajstić information content (AvgIpc) is 3.10. The Morgan fingerprint density at radius 3 is 2.34 bits per heavy atom. The molecular weight excluding hydrogens is 429 g/mol. The van der Waals surface area contributed by atoms with Gasteiger partial charge < -0.3 is 4.90 Å². The van der Waals surface area contributed by atoms with Gasteiger partial charge in [0.05, 0.1) is 16.0 Å². The number of hydrogen-bond donors (Lipinski definition) is 0. The first-order valence-electron chi connectivity index (χ1n) is 9.05. The van der Waals surface area contributed by atoms with Crippen molar-refractivity contribution in [2.75, 3.05) is 37.8 Å². The predicted molar refractivity (Wildman–Crippen MR) is 124 cm³/mol. The van der Waals surface area contributed by atoms with Crippen molar-refractivity contribution in [2.24, 2.45) is 0 Å². The molecule has 2 aromatic carbocycles. The summed E-state index contributed by atoms with van der Waals surface area (Å²) in [5.74, 6) is 0.0153. The van der Waals surface area contributed by atoms with E-state index in [4.69, 9.17) is 4.98 Å². The van der Waals surface area contributed by atoms with Gasteiger partial charge in [-0.2, -0.15) is 0 Å². The molecule has 3 aromatic rings. The Balaban J connectivity index is 0.00000300. The van der Waals surface area contributed by atoms with Crippen LogP contribution >= 0.6 is 35.5 Å². The van der Waals surface area contributed by atoms with Gasteiger partial charge >= 0.3 is 0 Å². The third kappa shape index (κ3) is 5.92. The molecule has 156 valence electrons. The predicted octanol–water partition coefficient (Wildman–Crippen LogP) is 5.16. The summed E-state index contributed by atoms with van der Waals surface area (Å²) in [5, 5.41) is 0.735. The van der Waals surface area contributed by atoms with E-state index in [9.17, 15) is 9.18 Å². The SMILES string of the molecule is Cc1ccc(C)c2sc(N(CCN(C)C)C(=O)CSc3ccc(F)cc3)nc12.Cl. The topological polar surface area (TPSA) is 36.4 Å². The van der Waals surface area contributed by atoms with E-state index in [1.54, 1.807) is 28.4 Å². The van der Waals surface area contributed by atoms with Gasteiger partial charge in [0, 0.05) is 18.0 Å². The highest BCUT2D eigenvalue weighted by atomic mass is 35.5. The van der Waals surface area contributed by atoms with Crippen molar-refractivity contribution in [1.29, 1.82) is 0 Å². The van der Waals surface area contributed by atoms with E-state index in [0.717, 1.165) is 32.4 Å². The number of anilines is 1. The fourth-order valence-corrected chi connectivity index (χ4v) is 4.67. The molecule has 0 bridgehead atoms. The van der Waals surface area contributed by atoms with Crippen LogP contribution in [-0.4, -0.2) is 48.7 Å². The zero-order valence-electron chi connectivity index (χ0n) is 16.9. The van der Waals surface area contributed by atoms with Gasteiger partial charge in [0.25, 0.3) is 0 Å². The molecule has 3 rings (SSSR count). The largest absolute Gasteiger partial charge is 0.308 e. The lowest BCUT2D eigenvalue weighted by molar-refractivity contribution is -0.116. The summed E-state index contributed by atoms with van der Waals surface area (Å²) in [6.07, 6.45) is 0. The number of nitrogens with zero attached hydrogens (tertiary/aromatic N) is 3. The number of benzene rings is 2. The normalized spacial score (nSPS) is 11.0. The number of hydrogen-bond acceptors (Lipinski definition) is 5. The standard InChI is InChI=1S/C21H24FN3OS2.ClH/c1-14-5-6-15(2)20-19(14)23-21(28-20)25(12-11-24(3)4)18(26)13-27-17-9-7-16(22)8-10-17;/h5-10H,11-13H2,1-4H3;1H. The first-order chi connectivity index (χ1) is 13.3. The number of carbonyl (C=O) groups excluding carboxylic acids is 1. The average molecular weight is 454 g/mol. The Bertz CT molecular complexity index is 937. The smallest absolute Gasteiger partial charge is 0.239 e. The summed E-state index contributed by atoms with van der Waals surface area (Å²) in [6.45, 7) is 5.44. The molecule has 0 unspecified atom stereocenters. The number of fused-ring (bicyclic) bond motifs is 1. The number of aryl methyl sites for hydroxylation is 2. The Morgan fingerprint density at radius 1 is 1.07 bits per heavy atom. The van der Waals surface area contributed by atoms with Crippen LogP contribution in [0.4, 0.5) is 9.52 Å².